The molecule has 5 heteroatoms. The molecular weight excluding hydrogens is 310 g/mol. The van der Waals surface area contributed by atoms with E-state index in [0.717, 1.165) is 10.0 Å². The lowest BCUT2D eigenvalue weighted by Gasteiger charge is -2.08. The third-order valence-electron chi connectivity index (χ3n) is 2.44. The fourth-order valence-corrected chi connectivity index (χ4v) is 2.08. The summed E-state index contributed by atoms with van der Waals surface area (Å²) < 4.78 is 11.2. The van der Waals surface area contributed by atoms with Crippen molar-refractivity contribution in [3.63, 3.8) is 0 Å². The van der Waals surface area contributed by atoms with Gasteiger partial charge in [-0.15, -0.1) is 0 Å². The normalized spacial score (nSPS) is 10.1. The van der Waals surface area contributed by atoms with Gasteiger partial charge in [-0.05, 0) is 46.6 Å². The number of carbonyl (C=O) groups excluding carboxylic acids is 1. The van der Waals surface area contributed by atoms with E-state index in [1.165, 1.54) is 19.4 Å². The standard InChI is InChI=1S/C14H12BrNO3/c1-9-3-4-13(11(15)7-9)19-10-5-6-16-12(8-10)14(17)18-2/h3-8H,1-2H3. The molecule has 0 fully saturated rings. The fourth-order valence-electron chi connectivity index (χ4n) is 1.51. The molecule has 0 saturated heterocycles. The highest BCUT2D eigenvalue weighted by molar-refractivity contribution is 9.10. The van der Waals surface area contributed by atoms with Gasteiger partial charge >= 0.3 is 5.97 Å². The summed E-state index contributed by atoms with van der Waals surface area (Å²) >= 11 is 3.43. The van der Waals surface area contributed by atoms with E-state index in [1.807, 2.05) is 25.1 Å². The number of pyridine rings is 1. The average Bonchev–Trinajstić information content (AvgIpc) is 2.41. The minimum absolute atomic E-state index is 0.211. The van der Waals surface area contributed by atoms with Crippen LogP contribution in [0, 0.1) is 6.92 Å². The average molecular weight is 322 g/mol. The highest BCUT2D eigenvalue weighted by Gasteiger charge is 2.09. The van der Waals surface area contributed by atoms with Crippen molar-refractivity contribution in [1.29, 1.82) is 0 Å². The van der Waals surface area contributed by atoms with Crippen molar-refractivity contribution in [3.8, 4) is 11.5 Å². The summed E-state index contributed by atoms with van der Waals surface area (Å²) in [5.74, 6) is 0.709. The molecule has 0 unspecified atom stereocenters. The van der Waals surface area contributed by atoms with Gasteiger partial charge in [0.1, 0.15) is 11.5 Å². The molecule has 4 nitrogen and oxygen atoms in total. The first-order valence-electron chi connectivity index (χ1n) is 5.58. The Morgan fingerprint density at radius 3 is 2.74 bits per heavy atom. The van der Waals surface area contributed by atoms with Gasteiger partial charge in [0.25, 0.3) is 0 Å². The van der Waals surface area contributed by atoms with Crippen LogP contribution in [-0.4, -0.2) is 18.1 Å². The number of hydrogen-bond acceptors (Lipinski definition) is 4. The smallest absolute Gasteiger partial charge is 0.356 e. The first kappa shape index (κ1) is 13.5. The number of esters is 1. The first-order valence-corrected chi connectivity index (χ1v) is 6.38. The molecule has 1 aromatic heterocycles. The van der Waals surface area contributed by atoms with Crippen molar-refractivity contribution in [3.05, 3.63) is 52.3 Å². The van der Waals surface area contributed by atoms with Crippen LogP contribution in [0.2, 0.25) is 0 Å². The van der Waals surface area contributed by atoms with Gasteiger partial charge in [0.15, 0.2) is 5.69 Å². The molecule has 0 aliphatic heterocycles. The quantitative estimate of drug-likeness (QED) is 0.808. The Kier molecular flexibility index (Phi) is 4.16. The van der Waals surface area contributed by atoms with E-state index in [-0.39, 0.29) is 5.69 Å². The number of benzene rings is 1. The summed E-state index contributed by atoms with van der Waals surface area (Å²) in [6, 6.07) is 8.98. The summed E-state index contributed by atoms with van der Waals surface area (Å²) in [6.07, 6.45) is 1.50. The van der Waals surface area contributed by atoms with Gasteiger partial charge in [0, 0.05) is 12.3 Å². The van der Waals surface area contributed by atoms with Gasteiger partial charge in [-0.25, -0.2) is 9.78 Å². The Morgan fingerprint density at radius 2 is 2.05 bits per heavy atom. The van der Waals surface area contributed by atoms with Crippen LogP contribution in [0.15, 0.2) is 41.0 Å². The topological polar surface area (TPSA) is 48.4 Å². The lowest BCUT2D eigenvalue weighted by molar-refractivity contribution is 0.0593. The minimum atomic E-state index is -0.492. The number of nitrogens with zero attached hydrogens (tertiary/aromatic N) is 1. The molecule has 2 rings (SSSR count). The monoisotopic (exact) mass is 321 g/mol. The SMILES string of the molecule is COC(=O)c1cc(Oc2ccc(C)cc2Br)ccn1. The number of methoxy groups -OCH3 is 1. The van der Waals surface area contributed by atoms with E-state index < -0.39 is 5.97 Å². The van der Waals surface area contributed by atoms with Crippen LogP contribution in [0.4, 0.5) is 0 Å². The van der Waals surface area contributed by atoms with E-state index >= 15 is 0 Å². The Labute approximate surface area is 119 Å². The molecule has 0 aliphatic rings. The number of rotatable bonds is 3. The van der Waals surface area contributed by atoms with E-state index in [0.29, 0.717) is 11.5 Å². The van der Waals surface area contributed by atoms with E-state index in [4.69, 9.17) is 4.74 Å². The highest BCUT2D eigenvalue weighted by atomic mass is 79.9. The maximum Gasteiger partial charge on any atom is 0.356 e. The highest BCUT2D eigenvalue weighted by Crippen LogP contribution is 2.30. The molecule has 0 spiro atoms. The van der Waals surface area contributed by atoms with Crippen molar-refractivity contribution < 1.29 is 14.3 Å². The maximum atomic E-state index is 11.4. The molecule has 0 atom stereocenters. The van der Waals surface area contributed by atoms with Crippen LogP contribution < -0.4 is 4.74 Å². The number of halogens is 1. The predicted molar refractivity (Wildman–Crippen MR) is 74.5 cm³/mol. The third-order valence-corrected chi connectivity index (χ3v) is 3.06. The second-order valence-corrected chi connectivity index (χ2v) is 4.76. The van der Waals surface area contributed by atoms with E-state index in [9.17, 15) is 4.79 Å². The number of aryl methyl sites for hydroxylation is 1. The molecular formula is C14H12BrNO3. The molecule has 1 aromatic carbocycles. The second-order valence-electron chi connectivity index (χ2n) is 3.90. The zero-order valence-corrected chi connectivity index (χ0v) is 12.1. The summed E-state index contributed by atoms with van der Waals surface area (Å²) in [5, 5.41) is 0. The van der Waals surface area contributed by atoms with Crippen molar-refractivity contribution >= 4 is 21.9 Å². The van der Waals surface area contributed by atoms with E-state index in [1.54, 1.807) is 6.07 Å². The minimum Gasteiger partial charge on any atom is -0.464 e. The Balaban J connectivity index is 2.26. The summed E-state index contributed by atoms with van der Waals surface area (Å²) in [6.45, 7) is 2.00. The number of ether oxygens (including phenoxy) is 2. The molecule has 98 valence electrons. The summed E-state index contributed by atoms with van der Waals surface area (Å²) in [7, 11) is 1.31. The molecule has 1 heterocycles. The van der Waals surface area contributed by atoms with Gasteiger partial charge in [0.2, 0.25) is 0 Å². The molecule has 0 bridgehead atoms. The van der Waals surface area contributed by atoms with E-state index in [2.05, 4.69) is 25.7 Å². The molecule has 0 N–H and O–H groups in total. The zero-order chi connectivity index (χ0) is 13.8. The lowest BCUT2D eigenvalue weighted by Crippen LogP contribution is -2.03. The summed E-state index contributed by atoms with van der Waals surface area (Å²) in [5.41, 5.74) is 1.34. The fraction of sp³-hybridized carbons (Fsp3) is 0.143. The van der Waals surface area contributed by atoms with Crippen LogP contribution in [0.1, 0.15) is 16.1 Å². The molecule has 0 amide bonds. The van der Waals surface area contributed by atoms with Gasteiger partial charge < -0.3 is 9.47 Å². The Hall–Kier alpha value is -1.88. The maximum absolute atomic E-state index is 11.4. The van der Waals surface area contributed by atoms with Gasteiger partial charge in [-0.1, -0.05) is 6.07 Å². The lowest BCUT2D eigenvalue weighted by atomic mass is 10.2. The third kappa shape index (κ3) is 3.32. The molecule has 19 heavy (non-hydrogen) atoms. The number of carbonyl (C=O) groups is 1. The van der Waals surface area contributed by atoms with Crippen LogP contribution in [-0.2, 0) is 4.74 Å². The van der Waals surface area contributed by atoms with Crippen LogP contribution >= 0.6 is 15.9 Å². The molecule has 0 saturated carbocycles. The predicted octanol–water partition coefficient (Wildman–Crippen LogP) is 3.73. The largest absolute Gasteiger partial charge is 0.464 e. The first-order chi connectivity index (χ1) is 9.10. The van der Waals surface area contributed by atoms with Crippen molar-refractivity contribution in [1.82, 2.24) is 4.98 Å². The van der Waals surface area contributed by atoms with Crippen LogP contribution in [0.5, 0.6) is 11.5 Å². The number of aromatic nitrogens is 1. The molecule has 0 radical (unpaired) electrons. The van der Waals surface area contributed by atoms with Crippen molar-refractivity contribution in [2.45, 2.75) is 6.92 Å². The van der Waals surface area contributed by atoms with Gasteiger partial charge in [-0.3, -0.25) is 0 Å². The van der Waals surface area contributed by atoms with Crippen LogP contribution in [0.25, 0.3) is 0 Å². The van der Waals surface area contributed by atoms with Crippen molar-refractivity contribution in [2.24, 2.45) is 0 Å². The zero-order valence-electron chi connectivity index (χ0n) is 10.5. The van der Waals surface area contributed by atoms with Gasteiger partial charge in [-0.2, -0.15) is 0 Å². The molecule has 2 aromatic rings. The Morgan fingerprint density at radius 1 is 1.26 bits per heavy atom. The Bertz CT molecular complexity index is 613. The number of hydrogen-bond donors (Lipinski definition) is 0. The summed E-state index contributed by atoms with van der Waals surface area (Å²) in [4.78, 5) is 15.3. The molecule has 0 aliphatic carbocycles. The van der Waals surface area contributed by atoms with Crippen LogP contribution in [0.3, 0.4) is 0 Å². The van der Waals surface area contributed by atoms with Gasteiger partial charge in [0.05, 0.1) is 11.6 Å². The second kappa shape index (κ2) is 5.84. The van der Waals surface area contributed by atoms with Crippen molar-refractivity contribution in [2.75, 3.05) is 7.11 Å².